The first kappa shape index (κ1) is 24.6. The first-order valence-electron chi connectivity index (χ1n) is 11.0. The van der Waals surface area contributed by atoms with E-state index in [0.717, 1.165) is 49.0 Å². The van der Waals surface area contributed by atoms with Crippen LogP contribution in [0.3, 0.4) is 0 Å². The summed E-state index contributed by atoms with van der Waals surface area (Å²) in [6.07, 6.45) is 4.39. The van der Waals surface area contributed by atoms with Crippen LogP contribution in [0.2, 0.25) is 0 Å². The van der Waals surface area contributed by atoms with Gasteiger partial charge < -0.3 is 19.7 Å². The van der Waals surface area contributed by atoms with Gasteiger partial charge in [0.15, 0.2) is 11.5 Å². The Morgan fingerprint density at radius 2 is 1.85 bits per heavy atom. The van der Waals surface area contributed by atoms with E-state index < -0.39 is 24.6 Å². The average molecular weight is 476 g/mol. The third-order valence-electron chi connectivity index (χ3n) is 5.49. The first-order valence-corrected chi connectivity index (χ1v) is 11.8. The van der Waals surface area contributed by atoms with Crippen LogP contribution in [0.1, 0.15) is 61.2 Å². The molecule has 3 rings (SSSR count). The summed E-state index contributed by atoms with van der Waals surface area (Å²) >= 11 is 1.02. The maximum atomic E-state index is 13.0. The van der Waals surface area contributed by atoms with Crippen molar-refractivity contribution in [3.05, 3.63) is 34.7 Å². The number of aromatic carboxylic acids is 1. The quantitative estimate of drug-likeness (QED) is 0.513. The Hall–Kier alpha value is -3.07. The number of rotatable bonds is 8. The fourth-order valence-electron chi connectivity index (χ4n) is 4.08. The molecule has 2 N–H and O–H groups in total. The number of hydrogen-bond acceptors (Lipinski definition) is 6. The Morgan fingerprint density at radius 1 is 1.15 bits per heavy atom. The van der Waals surface area contributed by atoms with Gasteiger partial charge in [0, 0.05) is 22.2 Å². The fourth-order valence-corrected chi connectivity index (χ4v) is 5.17. The molecule has 0 saturated heterocycles. The minimum atomic E-state index is -1.19. The van der Waals surface area contributed by atoms with E-state index >= 15 is 0 Å². The number of thiophene rings is 1. The van der Waals surface area contributed by atoms with Gasteiger partial charge in [0.1, 0.15) is 5.75 Å². The number of anilines is 1. The molecule has 33 heavy (non-hydrogen) atoms. The second kappa shape index (κ2) is 10.7. The molecule has 1 aromatic heterocycles. The van der Waals surface area contributed by atoms with E-state index in [4.69, 9.17) is 14.6 Å². The summed E-state index contributed by atoms with van der Waals surface area (Å²) in [6, 6.07) is 7.39. The van der Waals surface area contributed by atoms with Gasteiger partial charge in [-0.25, -0.2) is 14.4 Å². The van der Waals surface area contributed by atoms with Crippen LogP contribution in [-0.4, -0.2) is 47.0 Å². The van der Waals surface area contributed by atoms with Crippen LogP contribution in [-0.2, 0) is 9.53 Å². The van der Waals surface area contributed by atoms with E-state index in [9.17, 15) is 19.5 Å². The number of benzene rings is 1. The molecular formula is C24H29NO7S. The molecular weight excluding hydrogens is 446 g/mol. The number of aliphatic carboxylic acids is 1. The van der Waals surface area contributed by atoms with Gasteiger partial charge in [-0.05, 0) is 51.3 Å². The molecule has 2 aromatic rings. The van der Waals surface area contributed by atoms with Gasteiger partial charge in [-0.15, -0.1) is 11.3 Å². The average Bonchev–Trinajstić information content (AvgIpc) is 3.09. The Kier molecular flexibility index (Phi) is 7.97. The first-order chi connectivity index (χ1) is 15.7. The lowest BCUT2D eigenvalue weighted by Gasteiger charge is -2.34. The topological polar surface area (TPSA) is 113 Å². The zero-order valence-electron chi connectivity index (χ0n) is 19.0. The molecule has 178 valence electrons. The molecule has 0 unspecified atom stereocenters. The van der Waals surface area contributed by atoms with Gasteiger partial charge in [0.2, 0.25) is 0 Å². The number of carboxylic acid groups (broad SMARTS) is 2. The SMILES string of the molecule is Cc1c(-c2cccc(N(C(=O)OC(C)C)C3CCCCC3)c2)sc(C(=O)O)c1OCC(=O)O. The van der Waals surface area contributed by atoms with Crippen molar-refractivity contribution in [2.75, 3.05) is 11.5 Å². The van der Waals surface area contributed by atoms with Crippen molar-refractivity contribution < 1.29 is 34.1 Å². The molecule has 0 spiro atoms. The van der Waals surface area contributed by atoms with Gasteiger partial charge in [-0.2, -0.15) is 0 Å². The highest BCUT2D eigenvalue weighted by atomic mass is 32.1. The lowest BCUT2D eigenvalue weighted by molar-refractivity contribution is -0.139. The van der Waals surface area contributed by atoms with Crippen LogP contribution in [0.15, 0.2) is 24.3 Å². The molecule has 9 heteroatoms. The van der Waals surface area contributed by atoms with Crippen LogP contribution in [0.4, 0.5) is 10.5 Å². The highest BCUT2D eigenvalue weighted by molar-refractivity contribution is 7.18. The minimum absolute atomic E-state index is 0.0359. The predicted molar refractivity (Wildman–Crippen MR) is 126 cm³/mol. The molecule has 1 heterocycles. The van der Waals surface area contributed by atoms with Crippen molar-refractivity contribution in [1.82, 2.24) is 0 Å². The Labute approximate surface area is 196 Å². The fraction of sp³-hybridized carbons (Fsp3) is 0.458. The second-order valence-corrected chi connectivity index (χ2v) is 9.37. The molecule has 1 aliphatic rings. The summed E-state index contributed by atoms with van der Waals surface area (Å²) in [5, 5.41) is 18.5. The summed E-state index contributed by atoms with van der Waals surface area (Å²) < 4.78 is 10.8. The molecule has 0 atom stereocenters. The number of carbonyl (C=O) groups excluding carboxylic acids is 1. The smallest absolute Gasteiger partial charge is 0.414 e. The molecule has 1 aliphatic carbocycles. The van der Waals surface area contributed by atoms with Crippen molar-refractivity contribution in [2.45, 2.75) is 65.0 Å². The Balaban J connectivity index is 2.02. The van der Waals surface area contributed by atoms with E-state index in [1.165, 1.54) is 0 Å². The standard InChI is InChI=1S/C24H29NO7S/c1-14(2)32-24(30)25(17-9-5-4-6-10-17)18-11-7-8-16(12-18)21-15(3)20(31-13-19(26)27)22(33-21)23(28)29/h7-8,11-12,14,17H,4-6,9-10,13H2,1-3H3,(H,26,27)(H,28,29). The molecule has 1 fully saturated rings. The number of hydrogen-bond donors (Lipinski definition) is 2. The zero-order valence-corrected chi connectivity index (χ0v) is 19.8. The number of carbonyl (C=O) groups is 3. The third kappa shape index (κ3) is 5.84. The van der Waals surface area contributed by atoms with Crippen LogP contribution in [0, 0.1) is 6.92 Å². The third-order valence-corrected chi connectivity index (χ3v) is 6.80. The van der Waals surface area contributed by atoms with Crippen LogP contribution < -0.4 is 9.64 Å². The number of amides is 1. The van der Waals surface area contributed by atoms with Crippen LogP contribution in [0.25, 0.3) is 10.4 Å². The summed E-state index contributed by atoms with van der Waals surface area (Å²) in [6.45, 7) is 4.70. The molecule has 1 saturated carbocycles. The molecule has 1 amide bonds. The van der Waals surface area contributed by atoms with E-state index in [0.29, 0.717) is 16.1 Å². The summed E-state index contributed by atoms with van der Waals surface area (Å²) in [5.74, 6) is -2.32. The van der Waals surface area contributed by atoms with E-state index in [1.807, 2.05) is 38.1 Å². The maximum absolute atomic E-state index is 13.0. The lowest BCUT2D eigenvalue weighted by atomic mass is 9.94. The van der Waals surface area contributed by atoms with Crippen molar-refractivity contribution >= 4 is 35.1 Å². The molecule has 0 radical (unpaired) electrons. The van der Waals surface area contributed by atoms with Gasteiger partial charge in [0.25, 0.3) is 0 Å². The number of ether oxygens (including phenoxy) is 2. The highest BCUT2D eigenvalue weighted by Gasteiger charge is 2.30. The molecule has 0 aliphatic heterocycles. The van der Waals surface area contributed by atoms with E-state index in [2.05, 4.69) is 0 Å². The molecule has 1 aromatic carbocycles. The van der Waals surface area contributed by atoms with Gasteiger partial charge >= 0.3 is 18.0 Å². The van der Waals surface area contributed by atoms with E-state index in [1.54, 1.807) is 11.8 Å². The Morgan fingerprint density at radius 3 is 2.45 bits per heavy atom. The minimum Gasteiger partial charge on any atom is -0.480 e. The van der Waals surface area contributed by atoms with Crippen molar-refractivity contribution in [3.63, 3.8) is 0 Å². The largest absolute Gasteiger partial charge is 0.480 e. The number of nitrogens with zero attached hydrogens (tertiary/aromatic N) is 1. The highest BCUT2D eigenvalue weighted by Crippen LogP contribution is 2.42. The zero-order chi connectivity index (χ0) is 24.1. The Bertz CT molecular complexity index is 1020. The maximum Gasteiger partial charge on any atom is 0.414 e. The van der Waals surface area contributed by atoms with Crippen molar-refractivity contribution in [1.29, 1.82) is 0 Å². The second-order valence-electron chi connectivity index (χ2n) is 8.35. The molecule has 0 bridgehead atoms. The summed E-state index contributed by atoms with van der Waals surface area (Å²) in [7, 11) is 0. The van der Waals surface area contributed by atoms with Crippen molar-refractivity contribution in [2.24, 2.45) is 0 Å². The van der Waals surface area contributed by atoms with Gasteiger partial charge in [-0.3, -0.25) is 4.90 Å². The molecule has 8 nitrogen and oxygen atoms in total. The van der Waals surface area contributed by atoms with Crippen molar-refractivity contribution in [3.8, 4) is 16.2 Å². The van der Waals surface area contributed by atoms with Gasteiger partial charge in [0.05, 0.1) is 6.10 Å². The predicted octanol–water partition coefficient (Wildman–Crippen LogP) is 5.57. The number of carboxylic acids is 2. The van der Waals surface area contributed by atoms with Crippen LogP contribution >= 0.6 is 11.3 Å². The monoisotopic (exact) mass is 475 g/mol. The summed E-state index contributed by atoms with van der Waals surface area (Å²) in [4.78, 5) is 38.0. The normalized spacial score (nSPS) is 14.2. The summed E-state index contributed by atoms with van der Waals surface area (Å²) in [5.41, 5.74) is 1.95. The lowest BCUT2D eigenvalue weighted by Crippen LogP contribution is -2.42. The van der Waals surface area contributed by atoms with Gasteiger partial charge in [-0.1, -0.05) is 31.4 Å². The van der Waals surface area contributed by atoms with E-state index in [-0.39, 0.29) is 22.8 Å². The van der Waals surface area contributed by atoms with Crippen LogP contribution in [0.5, 0.6) is 5.75 Å².